The fourth-order valence-corrected chi connectivity index (χ4v) is 8.87. The van der Waals surface area contributed by atoms with Crippen molar-refractivity contribution in [2.45, 2.75) is 49.5 Å². The normalized spacial score (nSPS) is 29.6. The van der Waals surface area contributed by atoms with Gasteiger partial charge >= 0.3 is 0 Å². The van der Waals surface area contributed by atoms with Crippen LogP contribution in [0.1, 0.15) is 37.7 Å². The minimum atomic E-state index is -3.60. The number of ketones is 1. The van der Waals surface area contributed by atoms with Crippen molar-refractivity contribution in [2.75, 3.05) is 6.54 Å². The second-order valence-corrected chi connectivity index (χ2v) is 12.3. The van der Waals surface area contributed by atoms with Crippen LogP contribution >= 0.6 is 0 Å². The molecule has 1 heterocycles. The van der Waals surface area contributed by atoms with Crippen LogP contribution < -0.4 is 0 Å². The number of carbonyl (C=O) groups excluding carboxylic acids is 1. The molecule has 5 heteroatoms. The van der Waals surface area contributed by atoms with Crippen molar-refractivity contribution in [3.63, 3.8) is 0 Å². The van der Waals surface area contributed by atoms with Crippen LogP contribution in [0.3, 0.4) is 0 Å². The summed E-state index contributed by atoms with van der Waals surface area (Å²) in [5.41, 5.74) is 1.21. The van der Waals surface area contributed by atoms with Gasteiger partial charge in [-0.25, -0.2) is 8.42 Å². The van der Waals surface area contributed by atoms with E-state index in [0.717, 1.165) is 42.9 Å². The highest BCUT2D eigenvalue weighted by Gasteiger charge is 2.53. The van der Waals surface area contributed by atoms with Gasteiger partial charge in [0, 0.05) is 24.9 Å². The predicted octanol–water partition coefficient (Wildman–Crippen LogP) is 5.47. The molecule has 176 valence electrons. The van der Waals surface area contributed by atoms with Crippen molar-refractivity contribution >= 4 is 26.6 Å². The third-order valence-electron chi connectivity index (χ3n) is 8.63. The molecule has 2 aliphatic carbocycles. The van der Waals surface area contributed by atoms with Crippen molar-refractivity contribution in [3.05, 3.63) is 78.4 Å². The first-order valence-electron chi connectivity index (χ1n) is 12.6. The molecule has 34 heavy (non-hydrogen) atoms. The Bertz CT molecular complexity index is 1320. The minimum absolute atomic E-state index is 0.000318. The third-order valence-corrected chi connectivity index (χ3v) is 10.6. The van der Waals surface area contributed by atoms with Gasteiger partial charge in [-0.2, -0.15) is 4.31 Å². The summed E-state index contributed by atoms with van der Waals surface area (Å²) in [7, 11) is -3.60. The third kappa shape index (κ3) is 3.70. The first kappa shape index (κ1) is 22.0. The van der Waals surface area contributed by atoms with Gasteiger partial charge in [-0.1, -0.05) is 67.1 Å². The van der Waals surface area contributed by atoms with E-state index in [1.807, 2.05) is 54.6 Å². The topological polar surface area (TPSA) is 54.5 Å². The lowest BCUT2D eigenvalue weighted by atomic mass is 9.56. The lowest BCUT2D eigenvalue weighted by Crippen LogP contribution is -2.59. The maximum atomic E-state index is 13.9. The minimum Gasteiger partial charge on any atom is -0.299 e. The van der Waals surface area contributed by atoms with E-state index in [0.29, 0.717) is 29.6 Å². The molecule has 1 aliphatic heterocycles. The molecule has 5 atom stereocenters. The average molecular weight is 474 g/mol. The number of sulfonamides is 1. The summed E-state index contributed by atoms with van der Waals surface area (Å²) in [5.74, 6) is 1.28. The fourth-order valence-electron chi connectivity index (χ4n) is 7.14. The van der Waals surface area contributed by atoms with Crippen LogP contribution in [-0.4, -0.2) is 31.1 Å². The van der Waals surface area contributed by atoms with E-state index < -0.39 is 10.0 Å². The summed E-state index contributed by atoms with van der Waals surface area (Å²) in [6.45, 7) is 0.518. The van der Waals surface area contributed by atoms with Crippen LogP contribution in [0.25, 0.3) is 10.8 Å². The molecule has 3 aromatic carbocycles. The molecule has 3 aliphatic rings. The maximum absolute atomic E-state index is 13.9. The molecule has 3 aromatic rings. The molecule has 0 amide bonds. The quantitative estimate of drug-likeness (QED) is 0.505. The monoisotopic (exact) mass is 473 g/mol. The highest BCUT2D eigenvalue weighted by molar-refractivity contribution is 7.89. The zero-order chi connectivity index (χ0) is 23.3. The van der Waals surface area contributed by atoms with Crippen LogP contribution in [0.15, 0.2) is 77.7 Å². The molecular weight excluding hydrogens is 442 g/mol. The van der Waals surface area contributed by atoms with E-state index in [2.05, 4.69) is 12.1 Å². The summed E-state index contributed by atoms with van der Waals surface area (Å²) in [6, 6.07) is 23.7. The Hall–Kier alpha value is -2.50. The van der Waals surface area contributed by atoms with E-state index in [1.165, 1.54) is 5.56 Å². The molecular formula is C29H31NO3S. The number of benzene rings is 3. The largest absolute Gasteiger partial charge is 0.299 e. The van der Waals surface area contributed by atoms with E-state index >= 15 is 0 Å². The van der Waals surface area contributed by atoms with Gasteiger partial charge in [-0.3, -0.25) is 4.79 Å². The van der Waals surface area contributed by atoms with E-state index in [4.69, 9.17) is 0 Å². The van der Waals surface area contributed by atoms with Gasteiger partial charge in [0.2, 0.25) is 10.0 Å². The van der Waals surface area contributed by atoms with Gasteiger partial charge in [0.25, 0.3) is 0 Å². The molecule has 0 radical (unpaired) electrons. The van der Waals surface area contributed by atoms with Gasteiger partial charge in [-0.15, -0.1) is 0 Å². The molecule has 0 aromatic heterocycles. The predicted molar refractivity (Wildman–Crippen MR) is 134 cm³/mol. The second-order valence-electron chi connectivity index (χ2n) is 10.4. The summed E-state index contributed by atoms with van der Waals surface area (Å²) in [4.78, 5) is 13.6. The molecule has 0 spiro atoms. The summed E-state index contributed by atoms with van der Waals surface area (Å²) < 4.78 is 29.6. The van der Waals surface area contributed by atoms with Gasteiger partial charge in [0.05, 0.1) is 4.90 Å². The van der Waals surface area contributed by atoms with E-state index in [9.17, 15) is 13.2 Å². The lowest BCUT2D eigenvalue weighted by molar-refractivity contribution is -0.136. The number of carbonyl (C=O) groups is 1. The van der Waals surface area contributed by atoms with Crippen molar-refractivity contribution in [1.82, 2.24) is 4.31 Å². The van der Waals surface area contributed by atoms with Crippen LogP contribution in [0, 0.1) is 23.7 Å². The van der Waals surface area contributed by atoms with Crippen LogP contribution in [-0.2, 0) is 21.2 Å². The number of hydrogen-bond acceptors (Lipinski definition) is 3. The Balaban J connectivity index is 1.32. The highest BCUT2D eigenvalue weighted by atomic mass is 32.2. The fraction of sp³-hybridized carbons (Fsp3) is 0.414. The van der Waals surface area contributed by atoms with Crippen LogP contribution in [0.5, 0.6) is 0 Å². The first-order valence-corrected chi connectivity index (χ1v) is 14.0. The molecule has 3 fully saturated rings. The number of hydrogen-bond donors (Lipinski definition) is 0. The Morgan fingerprint density at radius 1 is 0.853 bits per heavy atom. The second kappa shape index (κ2) is 8.62. The summed E-state index contributed by atoms with van der Waals surface area (Å²) in [5, 5.41) is 2.00. The van der Waals surface area contributed by atoms with Crippen molar-refractivity contribution in [1.29, 1.82) is 0 Å². The van der Waals surface area contributed by atoms with E-state index in [-0.39, 0.29) is 23.8 Å². The number of fused-ring (bicyclic) bond motifs is 1. The standard InChI is InChI=1S/C29H31NO3S/c31-28-19-23-15-16-30(34(32,33)24-14-13-21-9-4-5-10-22(21)18-24)27-12-6-11-25(29(23)27)26(28)17-20-7-2-1-3-8-20/h1-5,7-10,13-14,18,23,25-27,29H,6,11-12,15-17,19H2/t23-,25+,26+,27+,29+/m1/s1. The van der Waals surface area contributed by atoms with Crippen molar-refractivity contribution in [2.24, 2.45) is 23.7 Å². The van der Waals surface area contributed by atoms with Gasteiger partial charge in [-0.05, 0) is 71.9 Å². The maximum Gasteiger partial charge on any atom is 0.243 e. The van der Waals surface area contributed by atoms with Crippen LogP contribution in [0.4, 0.5) is 0 Å². The average Bonchev–Trinajstić information content (AvgIpc) is 2.86. The molecule has 1 saturated heterocycles. The smallest absolute Gasteiger partial charge is 0.243 e. The number of piperidine rings is 1. The number of rotatable bonds is 4. The summed E-state index contributed by atoms with van der Waals surface area (Å²) >= 11 is 0. The molecule has 0 N–H and O–H groups in total. The Labute approximate surface area is 202 Å². The molecule has 4 nitrogen and oxygen atoms in total. The first-order chi connectivity index (χ1) is 16.5. The molecule has 2 saturated carbocycles. The lowest BCUT2D eigenvalue weighted by Gasteiger charge is -2.54. The SMILES string of the molecule is O=C1C[C@H]2CCN(S(=O)(=O)c3ccc4ccccc4c3)[C@H]3CCC[C@H]([C@H]23)[C@@H]1Cc1ccccc1. The van der Waals surface area contributed by atoms with Crippen molar-refractivity contribution < 1.29 is 13.2 Å². The number of nitrogens with zero attached hydrogens (tertiary/aromatic N) is 1. The van der Waals surface area contributed by atoms with Gasteiger partial charge < -0.3 is 0 Å². The van der Waals surface area contributed by atoms with E-state index in [1.54, 1.807) is 10.4 Å². The highest BCUT2D eigenvalue weighted by Crippen LogP contribution is 2.52. The van der Waals surface area contributed by atoms with Crippen LogP contribution in [0.2, 0.25) is 0 Å². The Kier molecular flexibility index (Phi) is 5.57. The zero-order valence-electron chi connectivity index (χ0n) is 19.3. The number of Topliss-reactive ketones (excluding diaryl/α,β-unsaturated/α-hetero) is 1. The Morgan fingerprint density at radius 3 is 2.44 bits per heavy atom. The van der Waals surface area contributed by atoms with Gasteiger partial charge in [0.15, 0.2) is 0 Å². The molecule has 0 bridgehead atoms. The Morgan fingerprint density at radius 2 is 1.62 bits per heavy atom. The molecule has 0 unspecified atom stereocenters. The summed E-state index contributed by atoms with van der Waals surface area (Å²) in [6.07, 6.45) is 5.09. The zero-order valence-corrected chi connectivity index (χ0v) is 20.2. The van der Waals surface area contributed by atoms with Gasteiger partial charge in [0.1, 0.15) is 5.78 Å². The molecule has 6 rings (SSSR count). The van der Waals surface area contributed by atoms with Crippen molar-refractivity contribution in [3.8, 4) is 0 Å².